The number of rotatable bonds is 2. The van der Waals surface area contributed by atoms with E-state index in [4.69, 9.17) is 0 Å². The third kappa shape index (κ3) is 3.82. The molecule has 0 bridgehead atoms. The number of likely N-dealkylation sites (N-methyl/N-ethyl adjacent to an activating group) is 1. The van der Waals surface area contributed by atoms with Gasteiger partial charge in [-0.2, -0.15) is 5.10 Å². The number of amides is 1. The molecule has 1 amide bonds. The average molecular weight is 364 g/mol. The maximum Gasteiger partial charge on any atom is 0.250 e. The van der Waals surface area contributed by atoms with E-state index in [-0.39, 0.29) is 36.8 Å². The first-order chi connectivity index (χ1) is 10.1. The lowest BCUT2D eigenvalue weighted by molar-refractivity contribution is -0.147. The number of nitrogens with zero attached hydrogens (tertiary/aromatic N) is 4. The van der Waals surface area contributed by atoms with E-state index in [1.165, 1.54) is 0 Å². The van der Waals surface area contributed by atoms with Crippen LogP contribution in [0.5, 0.6) is 0 Å². The minimum absolute atomic E-state index is 0. The fourth-order valence-electron chi connectivity index (χ4n) is 3.61. The number of piperazine rings is 1. The summed E-state index contributed by atoms with van der Waals surface area (Å²) in [5.41, 5.74) is -0.501. The Morgan fingerprint density at radius 3 is 2.52 bits per heavy atom. The first kappa shape index (κ1) is 20.2. The average Bonchev–Trinajstić information content (AvgIpc) is 3.02. The lowest BCUT2D eigenvalue weighted by atomic mass is 9.86. The third-order valence-electron chi connectivity index (χ3n) is 4.86. The Morgan fingerprint density at radius 2 is 1.96 bits per heavy atom. The van der Waals surface area contributed by atoms with Gasteiger partial charge in [0, 0.05) is 38.1 Å². The van der Waals surface area contributed by atoms with E-state index >= 15 is 0 Å². The number of nitrogens with one attached hydrogen (secondary N) is 1. The van der Waals surface area contributed by atoms with Gasteiger partial charge in [0.1, 0.15) is 5.54 Å². The van der Waals surface area contributed by atoms with E-state index in [2.05, 4.69) is 34.2 Å². The summed E-state index contributed by atoms with van der Waals surface area (Å²) in [6.45, 7) is 6.59. The summed E-state index contributed by atoms with van der Waals surface area (Å²) in [7, 11) is 2.12. The minimum Gasteiger partial charge on any atom is -0.335 e. The first-order valence-electron chi connectivity index (χ1n) is 7.84. The van der Waals surface area contributed by atoms with Gasteiger partial charge in [-0.3, -0.25) is 9.48 Å². The molecule has 2 aliphatic rings. The second-order valence-electron chi connectivity index (χ2n) is 6.34. The van der Waals surface area contributed by atoms with E-state index in [1.807, 2.05) is 16.9 Å². The van der Waals surface area contributed by atoms with Crippen LogP contribution >= 0.6 is 24.8 Å². The van der Waals surface area contributed by atoms with Crippen LogP contribution < -0.4 is 5.32 Å². The Hall–Kier alpha value is -0.820. The van der Waals surface area contributed by atoms with Gasteiger partial charge in [-0.25, -0.2) is 0 Å². The number of carbonyl (C=O) groups excluding carboxylic acids is 1. The zero-order chi connectivity index (χ0) is 14.9. The highest BCUT2D eigenvalue weighted by Gasteiger charge is 2.46. The van der Waals surface area contributed by atoms with Crippen LogP contribution in [0.25, 0.3) is 0 Å². The molecule has 8 heteroatoms. The van der Waals surface area contributed by atoms with Crippen molar-refractivity contribution in [1.82, 2.24) is 24.9 Å². The smallest absolute Gasteiger partial charge is 0.250 e. The molecule has 3 heterocycles. The maximum absolute atomic E-state index is 13.3. The fraction of sp³-hybridized carbons (Fsp3) is 0.733. The number of aromatic nitrogens is 2. The van der Waals surface area contributed by atoms with Crippen LogP contribution in [0.15, 0.2) is 18.5 Å². The highest BCUT2D eigenvalue weighted by molar-refractivity contribution is 5.86. The van der Waals surface area contributed by atoms with Crippen molar-refractivity contribution in [2.24, 2.45) is 0 Å². The predicted molar refractivity (Wildman–Crippen MR) is 95.5 cm³/mol. The number of halogens is 2. The number of hydrogen-bond acceptors (Lipinski definition) is 4. The van der Waals surface area contributed by atoms with Gasteiger partial charge in [0.15, 0.2) is 0 Å². The summed E-state index contributed by atoms with van der Waals surface area (Å²) in [6, 6.07) is 2.17. The van der Waals surface area contributed by atoms with Gasteiger partial charge in [-0.1, -0.05) is 0 Å². The van der Waals surface area contributed by atoms with Gasteiger partial charge in [0.25, 0.3) is 5.91 Å². The van der Waals surface area contributed by atoms with Gasteiger partial charge < -0.3 is 15.1 Å². The second kappa shape index (κ2) is 8.33. The van der Waals surface area contributed by atoms with Crippen molar-refractivity contribution < 1.29 is 4.79 Å². The third-order valence-corrected chi connectivity index (χ3v) is 4.86. The Balaban J connectivity index is 0.00000132. The fourth-order valence-corrected chi connectivity index (χ4v) is 3.61. The molecule has 1 aromatic rings. The topological polar surface area (TPSA) is 53.4 Å². The molecule has 0 radical (unpaired) electrons. The van der Waals surface area contributed by atoms with Gasteiger partial charge in [0.2, 0.25) is 0 Å². The van der Waals surface area contributed by atoms with Gasteiger partial charge >= 0.3 is 0 Å². The Bertz CT molecular complexity index is 490. The number of piperidine rings is 1. The van der Waals surface area contributed by atoms with Gasteiger partial charge in [0.05, 0.1) is 0 Å². The van der Waals surface area contributed by atoms with E-state index in [9.17, 15) is 4.79 Å². The molecule has 1 unspecified atom stereocenters. The van der Waals surface area contributed by atoms with E-state index < -0.39 is 5.54 Å². The lowest BCUT2D eigenvalue weighted by Crippen LogP contribution is -2.61. The largest absolute Gasteiger partial charge is 0.335 e. The molecule has 0 aromatic carbocycles. The van der Waals surface area contributed by atoms with Crippen LogP contribution in [0.2, 0.25) is 0 Å². The summed E-state index contributed by atoms with van der Waals surface area (Å²) in [6.07, 6.45) is 5.33. The van der Waals surface area contributed by atoms with Crippen molar-refractivity contribution in [3.63, 3.8) is 0 Å². The first-order valence-corrected chi connectivity index (χ1v) is 7.84. The van der Waals surface area contributed by atoms with Gasteiger partial charge in [-0.15, -0.1) is 24.8 Å². The van der Waals surface area contributed by atoms with Crippen LogP contribution in [0.1, 0.15) is 19.8 Å². The monoisotopic (exact) mass is 363 g/mol. The maximum atomic E-state index is 13.3. The summed E-state index contributed by atoms with van der Waals surface area (Å²) in [4.78, 5) is 17.7. The molecule has 2 aliphatic heterocycles. The van der Waals surface area contributed by atoms with Crippen LogP contribution in [-0.2, 0) is 10.3 Å². The summed E-state index contributed by atoms with van der Waals surface area (Å²) >= 11 is 0. The van der Waals surface area contributed by atoms with E-state index in [0.717, 1.165) is 45.6 Å². The Morgan fingerprint density at radius 1 is 1.26 bits per heavy atom. The molecule has 1 N–H and O–H groups in total. The predicted octanol–water partition coefficient (Wildman–Crippen LogP) is 0.968. The molecule has 3 rings (SSSR count). The molecule has 0 aliphatic carbocycles. The molecule has 0 saturated carbocycles. The quantitative estimate of drug-likeness (QED) is 0.850. The zero-order valence-corrected chi connectivity index (χ0v) is 15.4. The molecule has 2 saturated heterocycles. The highest BCUT2D eigenvalue weighted by atomic mass is 35.5. The Labute approximate surface area is 150 Å². The molecule has 23 heavy (non-hydrogen) atoms. The van der Waals surface area contributed by atoms with Crippen molar-refractivity contribution in [2.75, 3.05) is 39.8 Å². The van der Waals surface area contributed by atoms with Crippen LogP contribution in [-0.4, -0.2) is 71.3 Å². The number of hydrogen-bond donors (Lipinski definition) is 1. The van der Waals surface area contributed by atoms with E-state index in [1.54, 1.807) is 6.20 Å². The van der Waals surface area contributed by atoms with Crippen molar-refractivity contribution in [2.45, 2.75) is 31.3 Å². The molecule has 1 atom stereocenters. The second-order valence-corrected chi connectivity index (χ2v) is 6.34. The minimum atomic E-state index is -0.501. The van der Waals surface area contributed by atoms with Crippen molar-refractivity contribution in [3.05, 3.63) is 18.5 Å². The molecule has 1 aromatic heterocycles. The number of carbonyl (C=O) groups is 1. The van der Waals surface area contributed by atoms with Crippen molar-refractivity contribution in [1.29, 1.82) is 0 Å². The van der Waals surface area contributed by atoms with E-state index in [0.29, 0.717) is 0 Å². The normalized spacial score (nSPS) is 24.4. The van der Waals surface area contributed by atoms with Crippen LogP contribution in [0, 0.1) is 0 Å². The molecular weight excluding hydrogens is 337 g/mol. The zero-order valence-electron chi connectivity index (χ0n) is 13.8. The molecule has 6 nitrogen and oxygen atoms in total. The lowest BCUT2D eigenvalue weighted by Gasteiger charge is -2.45. The standard InChI is InChI=1S/C15H25N5O.2ClH/c1-13-12-18(2)10-11-19(13)14(21)15(4-7-16-8-5-15)20-9-3-6-17-20;;/h3,6,9,13,16H,4-5,7-8,10-12H2,1-2H3;2*1H. The van der Waals surface area contributed by atoms with Crippen molar-refractivity contribution in [3.8, 4) is 0 Å². The van der Waals surface area contributed by atoms with Crippen LogP contribution in [0.4, 0.5) is 0 Å². The summed E-state index contributed by atoms with van der Waals surface area (Å²) in [5, 5.41) is 7.76. The van der Waals surface area contributed by atoms with Crippen molar-refractivity contribution >= 4 is 30.7 Å². The Kier molecular flexibility index (Phi) is 7.32. The highest BCUT2D eigenvalue weighted by Crippen LogP contribution is 2.30. The summed E-state index contributed by atoms with van der Waals surface area (Å²) in [5.74, 6) is 0.244. The molecular formula is C15H27Cl2N5O. The SMILES string of the molecule is CC1CN(C)CCN1C(=O)C1(n2cccn2)CCNCC1.Cl.Cl. The van der Waals surface area contributed by atoms with Crippen LogP contribution in [0.3, 0.4) is 0 Å². The summed E-state index contributed by atoms with van der Waals surface area (Å²) < 4.78 is 1.89. The molecule has 2 fully saturated rings. The molecule has 132 valence electrons. The van der Waals surface area contributed by atoms with Gasteiger partial charge in [-0.05, 0) is 46.0 Å². The molecule has 0 spiro atoms.